The van der Waals surface area contributed by atoms with E-state index in [1.54, 1.807) is 44.3 Å². The normalized spacial score (nSPS) is 11.9. The summed E-state index contributed by atoms with van der Waals surface area (Å²) in [4.78, 5) is 24.2. The highest BCUT2D eigenvalue weighted by Gasteiger charge is 2.30. The van der Waals surface area contributed by atoms with Gasteiger partial charge in [-0.2, -0.15) is 13.2 Å². The van der Waals surface area contributed by atoms with Gasteiger partial charge in [-0.15, -0.1) is 16.9 Å². The van der Waals surface area contributed by atoms with E-state index in [4.69, 9.17) is 4.74 Å². The number of ether oxygens (including phenoxy) is 1. The number of halogens is 3. The minimum atomic E-state index is -4.38. The molecule has 7 nitrogen and oxygen atoms in total. The molecule has 0 bridgehead atoms. The molecule has 3 aromatic rings. The summed E-state index contributed by atoms with van der Waals surface area (Å²) >= 11 is 1.17. The number of benzene rings is 2. The minimum absolute atomic E-state index is 0.0698. The van der Waals surface area contributed by atoms with E-state index >= 15 is 0 Å². The van der Waals surface area contributed by atoms with Crippen LogP contribution in [-0.2, 0) is 28.7 Å². The molecule has 1 heterocycles. The maximum Gasteiger partial charge on any atom is 0.416 e. The first kappa shape index (κ1) is 25.3. The Bertz CT molecular complexity index is 1140. The van der Waals surface area contributed by atoms with Gasteiger partial charge in [0.2, 0.25) is 0 Å². The van der Waals surface area contributed by atoms with Crippen molar-refractivity contribution < 1.29 is 32.6 Å². The topological polar surface area (TPSA) is 94.3 Å². The van der Waals surface area contributed by atoms with Gasteiger partial charge in [0.05, 0.1) is 30.0 Å². The number of alkyl halides is 3. The van der Waals surface area contributed by atoms with E-state index in [-0.39, 0.29) is 13.2 Å². The number of carboxylic acids is 1. The van der Waals surface area contributed by atoms with Gasteiger partial charge in [0.25, 0.3) is 0 Å². The van der Waals surface area contributed by atoms with Crippen molar-refractivity contribution in [2.45, 2.75) is 42.6 Å². The van der Waals surface area contributed by atoms with Crippen LogP contribution >= 0.6 is 11.8 Å². The number of nitrogens with zero attached hydrogens (tertiary/aromatic N) is 3. The van der Waals surface area contributed by atoms with Crippen molar-refractivity contribution in [2.75, 3.05) is 6.61 Å². The largest absolute Gasteiger partial charge is 0.480 e. The van der Waals surface area contributed by atoms with Gasteiger partial charge in [0.1, 0.15) is 4.75 Å². The zero-order valence-electron chi connectivity index (χ0n) is 18.4. The summed E-state index contributed by atoms with van der Waals surface area (Å²) < 4.78 is 43.7. The molecule has 11 heteroatoms. The molecule has 0 radical (unpaired) electrons. The molecule has 0 aliphatic rings. The maximum atomic E-state index is 12.7. The Balaban J connectivity index is 1.48. The Morgan fingerprint density at radius 3 is 2.29 bits per heavy atom. The average Bonchev–Trinajstić information content (AvgIpc) is 3.20. The number of carboxylic acid groups (broad SMARTS) is 1. The van der Waals surface area contributed by atoms with Gasteiger partial charge in [-0.05, 0) is 55.8 Å². The molecule has 1 N–H and O–H groups in total. The number of esters is 1. The van der Waals surface area contributed by atoms with Crippen LogP contribution < -0.4 is 0 Å². The van der Waals surface area contributed by atoms with Crippen molar-refractivity contribution in [3.8, 4) is 0 Å². The predicted molar refractivity (Wildman–Crippen MR) is 119 cm³/mol. The van der Waals surface area contributed by atoms with E-state index < -0.39 is 28.4 Å². The summed E-state index contributed by atoms with van der Waals surface area (Å²) in [6.45, 7) is 3.53. The van der Waals surface area contributed by atoms with Gasteiger partial charge in [0.15, 0.2) is 0 Å². The fourth-order valence-electron chi connectivity index (χ4n) is 2.85. The number of carbonyl (C=O) groups is 2. The number of carbonyl (C=O) groups excluding carboxylic acids is 1. The number of aliphatic carboxylic acids is 1. The van der Waals surface area contributed by atoms with Crippen molar-refractivity contribution in [1.29, 1.82) is 0 Å². The standard InChI is InChI=1S/C23H22F3N3O4S/c1-22(2,21(31)32)34-19-9-5-16(6-10-19)20(30)33-12-11-18-14-29(28-27-18)13-15-3-7-17(8-4-15)23(24,25)26/h3-10,14H,11-13H2,1-2H3,(H,31,32). The van der Waals surface area contributed by atoms with Gasteiger partial charge in [0, 0.05) is 17.5 Å². The summed E-state index contributed by atoms with van der Waals surface area (Å²) in [6, 6.07) is 11.3. The van der Waals surface area contributed by atoms with Gasteiger partial charge in [-0.25, -0.2) is 9.48 Å². The highest BCUT2D eigenvalue weighted by Crippen LogP contribution is 2.32. The van der Waals surface area contributed by atoms with Crippen LogP contribution in [0, 0.1) is 0 Å². The van der Waals surface area contributed by atoms with Gasteiger partial charge in [-0.1, -0.05) is 17.3 Å². The molecule has 3 rings (SSSR count). The summed E-state index contributed by atoms with van der Waals surface area (Å²) in [5, 5.41) is 17.1. The highest BCUT2D eigenvalue weighted by molar-refractivity contribution is 8.01. The smallest absolute Gasteiger partial charge is 0.416 e. The predicted octanol–water partition coefficient (Wildman–Crippen LogP) is 4.70. The first-order valence-electron chi connectivity index (χ1n) is 10.2. The lowest BCUT2D eigenvalue weighted by atomic mass is 10.1. The fraction of sp³-hybridized carbons (Fsp3) is 0.304. The van der Waals surface area contributed by atoms with Crippen LogP contribution in [0.25, 0.3) is 0 Å². The highest BCUT2D eigenvalue weighted by atomic mass is 32.2. The number of hydrogen-bond acceptors (Lipinski definition) is 6. The van der Waals surface area contributed by atoms with E-state index in [1.165, 1.54) is 28.6 Å². The second-order valence-electron chi connectivity index (χ2n) is 7.93. The Labute approximate surface area is 197 Å². The summed E-state index contributed by atoms with van der Waals surface area (Å²) in [7, 11) is 0. The van der Waals surface area contributed by atoms with E-state index in [0.717, 1.165) is 12.1 Å². The number of hydrogen-bond donors (Lipinski definition) is 1. The molecule has 180 valence electrons. The lowest BCUT2D eigenvalue weighted by Gasteiger charge is -2.18. The SMILES string of the molecule is CC(C)(Sc1ccc(C(=O)OCCc2cn(Cc3ccc(C(F)(F)F)cc3)nn2)cc1)C(=O)O. The third-order valence-corrected chi connectivity index (χ3v) is 5.97. The second-order valence-corrected chi connectivity index (χ2v) is 9.63. The Kier molecular flexibility index (Phi) is 7.65. The third-order valence-electron chi connectivity index (χ3n) is 4.78. The number of thioether (sulfide) groups is 1. The van der Waals surface area contributed by atoms with Crippen LogP contribution in [-0.4, -0.2) is 43.4 Å². The molecule has 0 atom stereocenters. The minimum Gasteiger partial charge on any atom is -0.480 e. The molecule has 0 amide bonds. The molecule has 0 aliphatic carbocycles. The summed E-state index contributed by atoms with van der Waals surface area (Å²) in [6.07, 6.45) is -2.42. The molecule has 0 saturated heterocycles. The van der Waals surface area contributed by atoms with Crippen molar-refractivity contribution in [2.24, 2.45) is 0 Å². The number of rotatable bonds is 9. The molecular formula is C23H22F3N3O4S. The molecule has 0 saturated carbocycles. The van der Waals surface area contributed by atoms with Crippen LogP contribution in [0.1, 0.15) is 41.0 Å². The first-order valence-corrected chi connectivity index (χ1v) is 11.0. The Morgan fingerprint density at radius 1 is 1.06 bits per heavy atom. The van der Waals surface area contributed by atoms with Crippen molar-refractivity contribution in [3.63, 3.8) is 0 Å². The van der Waals surface area contributed by atoms with Crippen molar-refractivity contribution >= 4 is 23.7 Å². The van der Waals surface area contributed by atoms with E-state index in [9.17, 15) is 27.9 Å². The Morgan fingerprint density at radius 2 is 1.71 bits per heavy atom. The monoisotopic (exact) mass is 493 g/mol. The molecule has 2 aromatic carbocycles. The number of aromatic nitrogens is 3. The molecule has 34 heavy (non-hydrogen) atoms. The van der Waals surface area contributed by atoms with Gasteiger partial charge in [-0.3, -0.25) is 4.79 Å². The molecule has 0 fully saturated rings. The van der Waals surface area contributed by atoms with Crippen LogP contribution in [0.4, 0.5) is 13.2 Å². The zero-order valence-corrected chi connectivity index (χ0v) is 19.2. The lowest BCUT2D eigenvalue weighted by molar-refractivity contribution is -0.139. The quantitative estimate of drug-likeness (QED) is 0.341. The van der Waals surface area contributed by atoms with Gasteiger partial charge >= 0.3 is 18.1 Å². The molecule has 1 aromatic heterocycles. The van der Waals surface area contributed by atoms with Crippen LogP contribution in [0.2, 0.25) is 0 Å². The second kappa shape index (κ2) is 10.3. The van der Waals surface area contributed by atoms with Crippen LogP contribution in [0.3, 0.4) is 0 Å². The molecule has 0 aliphatic heterocycles. The molecule has 0 spiro atoms. The van der Waals surface area contributed by atoms with Crippen LogP contribution in [0.5, 0.6) is 0 Å². The molecule has 0 unspecified atom stereocenters. The van der Waals surface area contributed by atoms with E-state index in [1.807, 2.05) is 0 Å². The zero-order chi connectivity index (χ0) is 24.9. The van der Waals surface area contributed by atoms with Crippen molar-refractivity contribution in [3.05, 3.63) is 77.1 Å². The third kappa shape index (κ3) is 6.83. The lowest BCUT2D eigenvalue weighted by Crippen LogP contribution is -2.26. The van der Waals surface area contributed by atoms with Crippen molar-refractivity contribution in [1.82, 2.24) is 15.0 Å². The summed E-state index contributed by atoms with van der Waals surface area (Å²) in [5.74, 6) is -1.46. The summed E-state index contributed by atoms with van der Waals surface area (Å²) in [5.41, 5.74) is 0.838. The van der Waals surface area contributed by atoms with Gasteiger partial charge < -0.3 is 9.84 Å². The Hall–Kier alpha value is -3.34. The maximum absolute atomic E-state index is 12.7. The van der Waals surface area contributed by atoms with E-state index in [0.29, 0.717) is 28.1 Å². The fourth-order valence-corrected chi connectivity index (χ4v) is 3.79. The average molecular weight is 494 g/mol. The van der Waals surface area contributed by atoms with E-state index in [2.05, 4.69) is 10.3 Å². The molecular weight excluding hydrogens is 471 g/mol. The van der Waals surface area contributed by atoms with Crippen LogP contribution in [0.15, 0.2) is 59.6 Å². The first-order chi connectivity index (χ1) is 15.9.